The van der Waals surface area contributed by atoms with Crippen molar-refractivity contribution in [1.29, 1.82) is 0 Å². The van der Waals surface area contributed by atoms with E-state index in [4.69, 9.17) is 4.74 Å². The highest BCUT2D eigenvalue weighted by atomic mass is 16.5. The minimum Gasteiger partial charge on any atom is -0.504 e. The second-order valence-corrected chi connectivity index (χ2v) is 5.40. The lowest BCUT2D eigenvalue weighted by atomic mass is 10.1. The summed E-state index contributed by atoms with van der Waals surface area (Å²) in [5, 5.41) is 9.83. The molecule has 0 spiro atoms. The molecule has 0 atom stereocenters. The first-order valence-corrected chi connectivity index (χ1v) is 7.21. The number of hydrogen-bond acceptors (Lipinski definition) is 5. The number of allylic oxidation sites excluding steroid dienone is 3. The molecule has 0 amide bonds. The van der Waals surface area contributed by atoms with Gasteiger partial charge in [-0.3, -0.25) is 4.79 Å². The molecule has 1 rings (SSSR count). The first-order chi connectivity index (χ1) is 10.8. The lowest BCUT2D eigenvalue weighted by Crippen LogP contribution is -2.02. The Bertz CT molecular complexity index is 637. The Hall–Kier alpha value is -2.56. The number of ketones is 1. The van der Waals surface area contributed by atoms with Crippen LogP contribution >= 0.6 is 0 Å². The van der Waals surface area contributed by atoms with Crippen molar-refractivity contribution in [3.63, 3.8) is 0 Å². The van der Waals surface area contributed by atoms with Crippen molar-refractivity contribution in [2.24, 2.45) is 0 Å². The Morgan fingerprint density at radius 1 is 1.22 bits per heavy atom. The molecule has 0 bridgehead atoms. The van der Waals surface area contributed by atoms with Gasteiger partial charge in [0.25, 0.3) is 0 Å². The Balaban J connectivity index is 2.61. The summed E-state index contributed by atoms with van der Waals surface area (Å²) in [7, 11) is 1.27. The first kappa shape index (κ1) is 18.5. The summed E-state index contributed by atoms with van der Waals surface area (Å²) >= 11 is 0. The predicted molar refractivity (Wildman–Crippen MR) is 87.8 cm³/mol. The van der Waals surface area contributed by atoms with Crippen molar-refractivity contribution in [1.82, 2.24) is 0 Å². The number of carbonyl (C=O) groups excluding carboxylic acids is 2. The zero-order valence-corrected chi connectivity index (χ0v) is 13.9. The lowest BCUT2D eigenvalue weighted by molar-refractivity contribution is -0.114. The summed E-state index contributed by atoms with van der Waals surface area (Å²) in [6.45, 7) is 5.82. The number of phenolic OH excluding ortho intramolecular Hbond substituents is 1. The van der Waals surface area contributed by atoms with Crippen molar-refractivity contribution in [3.8, 4) is 11.5 Å². The van der Waals surface area contributed by atoms with Gasteiger partial charge in [0.1, 0.15) is 6.61 Å². The van der Waals surface area contributed by atoms with E-state index in [0.29, 0.717) is 6.42 Å². The molecule has 0 saturated heterocycles. The highest BCUT2D eigenvalue weighted by Crippen LogP contribution is 2.27. The molecular formula is C18H22O5. The Morgan fingerprint density at radius 3 is 2.48 bits per heavy atom. The highest BCUT2D eigenvalue weighted by Gasteiger charge is 2.09. The quantitative estimate of drug-likeness (QED) is 0.474. The van der Waals surface area contributed by atoms with Crippen LogP contribution in [0.15, 0.2) is 41.5 Å². The van der Waals surface area contributed by atoms with Gasteiger partial charge in [0.15, 0.2) is 17.3 Å². The van der Waals surface area contributed by atoms with E-state index in [9.17, 15) is 14.7 Å². The fraction of sp³-hybridized carbons (Fsp3) is 0.333. The maximum atomic E-state index is 11.6. The molecule has 5 nitrogen and oxygen atoms in total. The third-order valence-corrected chi connectivity index (χ3v) is 2.95. The molecule has 0 aliphatic carbocycles. The zero-order valence-electron chi connectivity index (χ0n) is 13.9. The van der Waals surface area contributed by atoms with E-state index in [2.05, 4.69) is 4.74 Å². The van der Waals surface area contributed by atoms with Gasteiger partial charge in [-0.25, -0.2) is 4.79 Å². The predicted octanol–water partition coefficient (Wildman–Crippen LogP) is 3.43. The summed E-state index contributed by atoms with van der Waals surface area (Å²) in [6, 6.07) is 4.30. The molecule has 0 fully saturated rings. The smallest absolute Gasteiger partial charge is 0.337 e. The number of carbonyl (C=O) groups is 2. The summed E-state index contributed by atoms with van der Waals surface area (Å²) in [6.07, 6.45) is 3.72. The van der Waals surface area contributed by atoms with Crippen LogP contribution in [0.2, 0.25) is 0 Å². The average molecular weight is 318 g/mol. The van der Waals surface area contributed by atoms with Gasteiger partial charge in [-0.1, -0.05) is 11.1 Å². The molecule has 1 aromatic rings. The van der Waals surface area contributed by atoms with E-state index < -0.39 is 5.97 Å². The van der Waals surface area contributed by atoms with Crippen molar-refractivity contribution in [2.45, 2.75) is 27.2 Å². The number of rotatable bonds is 7. The van der Waals surface area contributed by atoms with Gasteiger partial charge in [0, 0.05) is 6.42 Å². The topological polar surface area (TPSA) is 72.8 Å². The van der Waals surface area contributed by atoms with E-state index in [-0.39, 0.29) is 29.5 Å². The fourth-order valence-corrected chi connectivity index (χ4v) is 1.88. The summed E-state index contributed by atoms with van der Waals surface area (Å²) in [5.74, 6) is -0.360. The van der Waals surface area contributed by atoms with E-state index in [0.717, 1.165) is 11.1 Å². The molecule has 0 radical (unpaired) electrons. The van der Waals surface area contributed by atoms with E-state index in [1.54, 1.807) is 12.2 Å². The third-order valence-electron chi connectivity index (χ3n) is 2.95. The first-order valence-electron chi connectivity index (χ1n) is 7.21. The number of methoxy groups -OCH3 is 1. The number of ether oxygens (including phenoxy) is 2. The zero-order chi connectivity index (χ0) is 17.4. The number of esters is 1. The molecule has 0 heterocycles. The van der Waals surface area contributed by atoms with E-state index in [1.165, 1.54) is 25.3 Å². The average Bonchev–Trinajstić information content (AvgIpc) is 2.46. The SMILES string of the molecule is COC(=O)c1ccc(OC/C=C(\C)CC(=O)C=C(C)C)c(O)c1. The molecule has 1 aromatic carbocycles. The van der Waals surface area contributed by atoms with Gasteiger partial charge >= 0.3 is 5.97 Å². The molecule has 0 aliphatic rings. The summed E-state index contributed by atoms with van der Waals surface area (Å²) < 4.78 is 10.0. The molecule has 23 heavy (non-hydrogen) atoms. The van der Waals surface area contributed by atoms with E-state index in [1.807, 2.05) is 20.8 Å². The van der Waals surface area contributed by atoms with Crippen LogP contribution in [0.1, 0.15) is 37.6 Å². The van der Waals surface area contributed by atoms with Crippen LogP contribution in [0.3, 0.4) is 0 Å². The minimum absolute atomic E-state index is 0.0454. The van der Waals surface area contributed by atoms with Crippen molar-refractivity contribution >= 4 is 11.8 Å². The van der Waals surface area contributed by atoms with Gasteiger partial charge in [-0.05, 0) is 51.1 Å². The van der Waals surface area contributed by atoms with Crippen molar-refractivity contribution in [3.05, 3.63) is 47.1 Å². The molecule has 5 heteroatoms. The Kier molecular flexibility index (Phi) is 7.06. The maximum absolute atomic E-state index is 11.6. The van der Waals surface area contributed by atoms with Crippen LogP contribution in [0.5, 0.6) is 11.5 Å². The molecule has 1 N–H and O–H groups in total. The number of aromatic hydroxyl groups is 1. The second kappa shape index (κ2) is 8.78. The largest absolute Gasteiger partial charge is 0.504 e. The highest BCUT2D eigenvalue weighted by molar-refractivity contribution is 5.91. The van der Waals surface area contributed by atoms with Crippen molar-refractivity contribution in [2.75, 3.05) is 13.7 Å². The van der Waals surface area contributed by atoms with Gasteiger partial charge in [0.2, 0.25) is 0 Å². The van der Waals surface area contributed by atoms with Gasteiger partial charge in [-0.2, -0.15) is 0 Å². The molecule has 124 valence electrons. The van der Waals surface area contributed by atoms with E-state index >= 15 is 0 Å². The third kappa shape index (κ3) is 6.38. The van der Waals surface area contributed by atoms with Crippen LogP contribution in [0, 0.1) is 0 Å². The standard InChI is InChI=1S/C18H22O5/c1-12(2)9-15(19)10-13(3)7-8-23-17-6-5-14(11-16(17)20)18(21)22-4/h5-7,9,11,20H,8,10H2,1-4H3/b13-7+. The van der Waals surface area contributed by atoms with Crippen molar-refractivity contribution < 1.29 is 24.2 Å². The number of hydrogen-bond donors (Lipinski definition) is 1. The maximum Gasteiger partial charge on any atom is 0.337 e. The number of benzene rings is 1. The number of phenols is 1. The van der Waals surface area contributed by atoms with Gasteiger partial charge < -0.3 is 14.6 Å². The van der Waals surface area contributed by atoms with Gasteiger partial charge in [-0.15, -0.1) is 0 Å². The van der Waals surface area contributed by atoms with Crippen LogP contribution in [0.25, 0.3) is 0 Å². The van der Waals surface area contributed by atoms with Gasteiger partial charge in [0.05, 0.1) is 12.7 Å². The normalized spacial score (nSPS) is 10.9. The van der Waals surface area contributed by atoms with Crippen LogP contribution < -0.4 is 4.74 Å². The molecule has 0 aliphatic heterocycles. The Labute approximate surface area is 136 Å². The molecule has 0 unspecified atom stereocenters. The lowest BCUT2D eigenvalue weighted by Gasteiger charge is -2.08. The van der Waals surface area contributed by atoms with Crippen LogP contribution in [-0.4, -0.2) is 30.6 Å². The summed E-state index contributed by atoms with van der Waals surface area (Å²) in [5.41, 5.74) is 2.10. The second-order valence-electron chi connectivity index (χ2n) is 5.40. The van der Waals surface area contributed by atoms with Crippen LogP contribution in [-0.2, 0) is 9.53 Å². The molecule has 0 aromatic heterocycles. The molecular weight excluding hydrogens is 296 g/mol. The monoisotopic (exact) mass is 318 g/mol. The fourth-order valence-electron chi connectivity index (χ4n) is 1.88. The van der Waals surface area contributed by atoms with Crippen LogP contribution in [0.4, 0.5) is 0 Å². The Morgan fingerprint density at radius 2 is 1.91 bits per heavy atom. The minimum atomic E-state index is -0.527. The summed E-state index contributed by atoms with van der Waals surface area (Å²) in [4.78, 5) is 23.0. The molecule has 0 saturated carbocycles.